The molecule has 3 rings (SSSR count). The zero-order valence-electron chi connectivity index (χ0n) is 16.6. The molecule has 0 atom stereocenters. The zero-order valence-corrected chi connectivity index (χ0v) is 18.3. The third kappa shape index (κ3) is 4.20. The summed E-state index contributed by atoms with van der Waals surface area (Å²) in [7, 11) is -4.09. The van der Waals surface area contributed by atoms with Crippen LogP contribution in [0.2, 0.25) is 0 Å². The van der Waals surface area contributed by atoms with Gasteiger partial charge in [-0.15, -0.1) is 17.9 Å². The van der Waals surface area contributed by atoms with Gasteiger partial charge in [-0.1, -0.05) is 53.6 Å². The second-order valence-electron chi connectivity index (χ2n) is 6.79. The molecule has 7 heteroatoms. The predicted molar refractivity (Wildman–Crippen MR) is 120 cm³/mol. The van der Waals surface area contributed by atoms with Crippen molar-refractivity contribution < 1.29 is 8.42 Å². The molecule has 0 unspecified atom stereocenters. The molecular weight excluding hydrogens is 416 g/mol. The molecule has 0 amide bonds. The van der Waals surface area contributed by atoms with Gasteiger partial charge in [0.25, 0.3) is 5.56 Å². The highest BCUT2D eigenvalue weighted by Crippen LogP contribution is 2.19. The Morgan fingerprint density at radius 2 is 1.67 bits per heavy atom. The van der Waals surface area contributed by atoms with Gasteiger partial charge >= 0.3 is 0 Å². The van der Waals surface area contributed by atoms with Crippen LogP contribution in [0.1, 0.15) is 16.7 Å². The van der Waals surface area contributed by atoms with Crippen molar-refractivity contribution >= 4 is 32.2 Å². The quantitative estimate of drug-likeness (QED) is 0.576. The Labute approximate surface area is 179 Å². The van der Waals surface area contributed by atoms with Crippen LogP contribution < -0.4 is 14.8 Å². The zero-order chi connectivity index (χ0) is 21.9. The number of nitrogens with zero attached hydrogens (tertiary/aromatic N) is 2. The summed E-state index contributed by atoms with van der Waals surface area (Å²) in [5, 5.41) is 9.73. The van der Waals surface area contributed by atoms with Crippen molar-refractivity contribution in [2.75, 3.05) is 0 Å². The Morgan fingerprint density at radius 3 is 2.20 bits per heavy atom. The minimum Gasteiger partial charge on any atom is -0.293 e. The Balaban J connectivity index is 2.34. The van der Waals surface area contributed by atoms with E-state index in [4.69, 9.17) is 0 Å². The van der Waals surface area contributed by atoms with Gasteiger partial charge in [-0.05, 0) is 37.6 Å². The lowest BCUT2D eigenvalue weighted by Crippen LogP contribution is -2.32. The van der Waals surface area contributed by atoms with Crippen LogP contribution in [0.25, 0.3) is 11.0 Å². The first-order valence-electron chi connectivity index (χ1n) is 9.13. The maximum absolute atomic E-state index is 13.1. The first-order valence-corrected chi connectivity index (χ1v) is 11.4. The number of allylic oxidation sites excluding steroid dienone is 1. The van der Waals surface area contributed by atoms with Gasteiger partial charge in [-0.2, -0.15) is 5.26 Å². The van der Waals surface area contributed by atoms with Crippen molar-refractivity contribution in [1.82, 2.24) is 4.57 Å². The molecule has 0 radical (unpaired) electrons. The Kier molecular flexibility index (Phi) is 6.20. The van der Waals surface area contributed by atoms with E-state index in [1.165, 1.54) is 22.8 Å². The fraction of sp³-hybridized carbons (Fsp3) is 0.130. The molecule has 0 saturated carbocycles. The summed E-state index contributed by atoms with van der Waals surface area (Å²) < 4.78 is 28.0. The van der Waals surface area contributed by atoms with Crippen molar-refractivity contribution in [3.63, 3.8) is 0 Å². The molecule has 0 fully saturated rings. The van der Waals surface area contributed by atoms with Gasteiger partial charge in [0.15, 0.2) is 4.91 Å². The first kappa shape index (κ1) is 21.5. The van der Waals surface area contributed by atoms with Gasteiger partial charge in [-0.25, -0.2) is 8.42 Å². The molecule has 0 spiro atoms. The molecule has 3 aromatic rings. The number of hydrogen-bond acceptors (Lipinski definition) is 5. The number of benzene rings is 2. The van der Waals surface area contributed by atoms with Crippen molar-refractivity contribution in [2.24, 2.45) is 0 Å². The second-order valence-corrected chi connectivity index (χ2v) is 9.71. The van der Waals surface area contributed by atoms with E-state index in [0.29, 0.717) is 4.53 Å². The van der Waals surface area contributed by atoms with Gasteiger partial charge in [-0.3, -0.25) is 9.36 Å². The van der Waals surface area contributed by atoms with E-state index in [1.807, 2.05) is 44.2 Å². The van der Waals surface area contributed by atoms with Gasteiger partial charge < -0.3 is 0 Å². The fourth-order valence-corrected chi connectivity index (χ4v) is 5.51. The molecule has 30 heavy (non-hydrogen) atoms. The molecule has 1 aromatic heterocycles. The van der Waals surface area contributed by atoms with Gasteiger partial charge in [0, 0.05) is 6.54 Å². The molecule has 0 aliphatic rings. The van der Waals surface area contributed by atoms with E-state index in [2.05, 4.69) is 6.58 Å². The number of sulfone groups is 1. The Hall–Kier alpha value is -3.21. The van der Waals surface area contributed by atoms with Crippen LogP contribution in [-0.2, 0) is 16.4 Å². The van der Waals surface area contributed by atoms with E-state index in [-0.39, 0.29) is 21.7 Å². The van der Waals surface area contributed by atoms with Gasteiger partial charge in [0.05, 0.1) is 9.43 Å². The van der Waals surface area contributed by atoms with Crippen LogP contribution in [0.15, 0.2) is 70.9 Å². The minimum atomic E-state index is -4.09. The number of thiazole rings is 1. The summed E-state index contributed by atoms with van der Waals surface area (Å²) >= 11 is 0.991. The van der Waals surface area contributed by atoms with Crippen molar-refractivity contribution in [2.45, 2.75) is 25.3 Å². The summed E-state index contributed by atoms with van der Waals surface area (Å²) in [4.78, 5) is 12.5. The van der Waals surface area contributed by atoms with Crippen molar-refractivity contribution in [3.05, 3.63) is 97.4 Å². The Bertz CT molecular complexity index is 1420. The first-order chi connectivity index (χ1) is 14.3. The highest BCUT2D eigenvalue weighted by Gasteiger charge is 2.24. The lowest BCUT2D eigenvalue weighted by molar-refractivity contribution is 0.605. The third-order valence-corrected chi connectivity index (χ3v) is 7.46. The van der Waals surface area contributed by atoms with Crippen LogP contribution in [-0.4, -0.2) is 13.0 Å². The number of aromatic nitrogens is 1. The lowest BCUT2D eigenvalue weighted by Gasteiger charge is -2.04. The summed E-state index contributed by atoms with van der Waals surface area (Å²) in [6.07, 6.45) is 3.20. The largest absolute Gasteiger partial charge is 0.293 e. The van der Waals surface area contributed by atoms with Crippen LogP contribution in [0, 0.1) is 25.2 Å². The maximum Gasteiger partial charge on any atom is 0.269 e. The monoisotopic (exact) mass is 436 g/mol. The number of nitriles is 1. The van der Waals surface area contributed by atoms with Crippen LogP contribution in [0.3, 0.4) is 0 Å². The van der Waals surface area contributed by atoms with E-state index < -0.39 is 14.7 Å². The predicted octanol–water partition coefficient (Wildman–Crippen LogP) is 2.65. The summed E-state index contributed by atoms with van der Waals surface area (Å²) in [5.41, 5.74) is 2.45. The van der Waals surface area contributed by atoms with Crippen molar-refractivity contribution in [1.29, 1.82) is 5.26 Å². The topological polar surface area (TPSA) is 79.9 Å². The van der Waals surface area contributed by atoms with Crippen LogP contribution in [0.4, 0.5) is 0 Å². The standard InChI is InChI=1S/C23H20N2O3S2/c1-4-13-25-22(26)20(14-18-9-5-16(2)6-10-18)29-23(25)21(15-24)30(27,28)19-11-7-17(3)8-12-19/h4-12,14H,1,13H2,2-3H3/b20-14-,23-21+. The maximum atomic E-state index is 13.1. The minimum absolute atomic E-state index is 0.0136. The van der Waals surface area contributed by atoms with E-state index in [1.54, 1.807) is 18.2 Å². The molecule has 5 nitrogen and oxygen atoms in total. The van der Waals surface area contributed by atoms with Gasteiger partial charge in [0.1, 0.15) is 10.7 Å². The molecule has 0 saturated heterocycles. The molecule has 152 valence electrons. The molecule has 1 heterocycles. The fourth-order valence-electron chi connectivity index (χ4n) is 2.86. The lowest BCUT2D eigenvalue weighted by atomic mass is 10.1. The molecule has 2 aromatic carbocycles. The van der Waals surface area contributed by atoms with E-state index in [0.717, 1.165) is 28.0 Å². The summed E-state index contributed by atoms with van der Waals surface area (Å²) in [5.74, 6) is 0. The highest BCUT2D eigenvalue weighted by atomic mass is 32.2. The molecular formula is C23H20N2O3S2. The average Bonchev–Trinajstić information content (AvgIpc) is 3.00. The molecule has 0 N–H and O–H groups in total. The number of aryl methyl sites for hydroxylation is 2. The number of rotatable bonds is 5. The second kappa shape index (κ2) is 8.66. The van der Waals surface area contributed by atoms with Crippen molar-refractivity contribution in [3.8, 4) is 6.07 Å². The Morgan fingerprint density at radius 1 is 1.10 bits per heavy atom. The smallest absolute Gasteiger partial charge is 0.269 e. The van der Waals surface area contributed by atoms with Crippen LogP contribution >= 0.6 is 11.3 Å². The normalized spacial score (nSPS) is 13.0. The summed E-state index contributed by atoms with van der Waals surface area (Å²) in [6, 6.07) is 15.7. The SMILES string of the molecule is C=CCn1c(=O)/c(=C/c2ccc(C)cc2)s/c1=C(\C#N)S(=O)(=O)c1ccc(C)cc1. The number of hydrogen-bond donors (Lipinski definition) is 0. The van der Waals surface area contributed by atoms with Crippen LogP contribution in [0.5, 0.6) is 0 Å². The molecule has 0 aliphatic carbocycles. The van der Waals surface area contributed by atoms with Gasteiger partial charge in [0.2, 0.25) is 9.84 Å². The molecule has 0 aliphatic heterocycles. The molecule has 0 bridgehead atoms. The summed E-state index contributed by atoms with van der Waals surface area (Å²) in [6.45, 7) is 7.56. The third-order valence-electron chi connectivity index (χ3n) is 4.49. The van der Waals surface area contributed by atoms with E-state index in [9.17, 15) is 18.5 Å². The average molecular weight is 437 g/mol. The van der Waals surface area contributed by atoms with E-state index >= 15 is 0 Å². The highest BCUT2D eigenvalue weighted by molar-refractivity contribution is 8.00.